The number of rotatable bonds is 5. The van der Waals surface area contributed by atoms with Crippen LogP contribution in [0.1, 0.15) is 59.6 Å². The van der Waals surface area contributed by atoms with Crippen LogP contribution in [-0.4, -0.2) is 64.5 Å². The van der Waals surface area contributed by atoms with E-state index in [1.165, 1.54) is 0 Å². The second-order valence-electron chi connectivity index (χ2n) is 8.58. The van der Waals surface area contributed by atoms with Crippen LogP contribution in [0.2, 0.25) is 0 Å². The van der Waals surface area contributed by atoms with E-state index in [0.717, 1.165) is 59.8 Å². The van der Waals surface area contributed by atoms with E-state index in [1.807, 2.05) is 35.9 Å². The van der Waals surface area contributed by atoms with Crippen LogP contribution in [0.3, 0.4) is 0 Å². The minimum absolute atomic E-state index is 0.0393. The Morgan fingerprint density at radius 3 is 2.69 bits per heavy atom. The van der Waals surface area contributed by atoms with Gasteiger partial charge < -0.3 is 10.0 Å². The van der Waals surface area contributed by atoms with Gasteiger partial charge in [-0.1, -0.05) is 11.6 Å². The van der Waals surface area contributed by atoms with Crippen LogP contribution in [0.5, 0.6) is 0 Å². The molecule has 2 aliphatic rings. The normalized spacial score (nSPS) is 20.1. The fraction of sp³-hybridized carbons (Fsp3) is 0.522. The lowest BCUT2D eigenvalue weighted by molar-refractivity contribution is -0.138. The lowest BCUT2D eigenvalue weighted by atomic mass is 10.0. The molecule has 1 aliphatic heterocycles. The molecule has 154 valence electrons. The lowest BCUT2D eigenvalue weighted by Crippen LogP contribution is -2.37. The first-order chi connectivity index (χ1) is 13.9. The van der Waals surface area contributed by atoms with E-state index < -0.39 is 5.97 Å². The van der Waals surface area contributed by atoms with Crippen molar-refractivity contribution in [1.29, 1.82) is 0 Å². The molecule has 29 heavy (non-hydrogen) atoms. The van der Waals surface area contributed by atoms with Gasteiger partial charge >= 0.3 is 5.97 Å². The Labute approximate surface area is 171 Å². The average molecular weight is 396 g/mol. The minimum Gasteiger partial charge on any atom is -0.480 e. The highest BCUT2D eigenvalue weighted by Crippen LogP contribution is 2.40. The summed E-state index contributed by atoms with van der Waals surface area (Å²) < 4.78 is 0. The van der Waals surface area contributed by atoms with Crippen molar-refractivity contribution in [1.82, 2.24) is 14.8 Å². The van der Waals surface area contributed by atoms with Crippen molar-refractivity contribution in [3.63, 3.8) is 0 Å². The van der Waals surface area contributed by atoms with Crippen molar-refractivity contribution >= 4 is 22.8 Å². The standard InChI is InChI=1S/C23H29N3O3/c1-15-5-8-20-18(12-15)19(13-21(24-20)16-6-7-16)23(29)26-10-3-4-17(9-11-26)25(2)14-22(27)28/h5,8,12-13,16-17H,3-4,6-7,9-11,14H2,1-2H3,(H,27,28). The van der Waals surface area contributed by atoms with E-state index in [-0.39, 0.29) is 18.5 Å². The Morgan fingerprint density at radius 1 is 1.17 bits per heavy atom. The van der Waals surface area contributed by atoms with Gasteiger partial charge in [-0.25, -0.2) is 0 Å². The number of fused-ring (bicyclic) bond motifs is 1. The molecule has 1 N–H and O–H groups in total. The quantitative estimate of drug-likeness (QED) is 0.840. The topological polar surface area (TPSA) is 73.7 Å². The molecule has 6 heteroatoms. The third kappa shape index (κ3) is 4.42. The van der Waals surface area contributed by atoms with Crippen LogP contribution in [0, 0.1) is 6.92 Å². The monoisotopic (exact) mass is 395 g/mol. The number of likely N-dealkylation sites (tertiary alicyclic amines) is 1. The van der Waals surface area contributed by atoms with Crippen molar-refractivity contribution < 1.29 is 14.7 Å². The zero-order valence-corrected chi connectivity index (χ0v) is 17.2. The molecule has 1 saturated carbocycles. The summed E-state index contributed by atoms with van der Waals surface area (Å²) in [6.45, 7) is 3.45. The van der Waals surface area contributed by atoms with Crippen LogP contribution in [0.25, 0.3) is 10.9 Å². The van der Waals surface area contributed by atoms with Gasteiger partial charge in [0, 0.05) is 36.1 Å². The molecule has 1 aliphatic carbocycles. The Kier molecular flexibility index (Phi) is 5.54. The molecule has 0 spiro atoms. The number of aliphatic carboxylic acids is 1. The summed E-state index contributed by atoms with van der Waals surface area (Å²) in [5.74, 6) is -0.243. The summed E-state index contributed by atoms with van der Waals surface area (Å²) in [6, 6.07) is 8.35. The van der Waals surface area contributed by atoms with Crippen molar-refractivity contribution in [2.45, 2.75) is 51.0 Å². The van der Waals surface area contributed by atoms with E-state index in [2.05, 4.69) is 12.1 Å². The van der Waals surface area contributed by atoms with E-state index in [4.69, 9.17) is 10.1 Å². The van der Waals surface area contributed by atoms with E-state index >= 15 is 0 Å². The molecule has 2 heterocycles. The second kappa shape index (κ2) is 8.11. The van der Waals surface area contributed by atoms with Crippen LogP contribution in [0.15, 0.2) is 24.3 Å². The molecule has 0 bridgehead atoms. The highest BCUT2D eigenvalue weighted by atomic mass is 16.4. The number of likely N-dealkylation sites (N-methyl/N-ethyl adjacent to an activating group) is 1. The molecule has 1 saturated heterocycles. The maximum Gasteiger partial charge on any atom is 0.317 e. The van der Waals surface area contributed by atoms with Gasteiger partial charge in [0.15, 0.2) is 0 Å². The zero-order chi connectivity index (χ0) is 20.5. The van der Waals surface area contributed by atoms with Gasteiger partial charge in [0.2, 0.25) is 0 Å². The molecule has 2 fully saturated rings. The Hall–Kier alpha value is -2.47. The van der Waals surface area contributed by atoms with Gasteiger partial charge in [-0.2, -0.15) is 0 Å². The minimum atomic E-state index is -0.809. The zero-order valence-electron chi connectivity index (χ0n) is 17.2. The molecule has 1 aromatic carbocycles. The predicted octanol–water partition coefficient (Wildman–Crippen LogP) is 3.43. The smallest absolute Gasteiger partial charge is 0.317 e. The summed E-state index contributed by atoms with van der Waals surface area (Å²) in [5.41, 5.74) is 3.83. The number of carboxylic acids is 1. The molecule has 1 aromatic heterocycles. The number of carboxylic acid groups (broad SMARTS) is 1. The molecule has 2 aromatic rings. The largest absolute Gasteiger partial charge is 0.480 e. The number of aryl methyl sites for hydroxylation is 1. The molecule has 0 radical (unpaired) electrons. The molecule has 6 nitrogen and oxygen atoms in total. The van der Waals surface area contributed by atoms with Gasteiger partial charge in [0.25, 0.3) is 5.91 Å². The molecule has 1 amide bonds. The van der Waals surface area contributed by atoms with Crippen LogP contribution >= 0.6 is 0 Å². The first-order valence-electron chi connectivity index (χ1n) is 10.5. The van der Waals surface area contributed by atoms with Gasteiger partial charge in [-0.3, -0.25) is 19.5 Å². The molecular weight excluding hydrogens is 366 g/mol. The van der Waals surface area contributed by atoms with E-state index in [0.29, 0.717) is 19.0 Å². The summed E-state index contributed by atoms with van der Waals surface area (Å²) in [4.78, 5) is 33.2. The SMILES string of the molecule is Cc1ccc2nc(C3CC3)cc(C(=O)N3CCCC(N(C)CC(=O)O)CC3)c2c1. The Morgan fingerprint density at radius 2 is 1.97 bits per heavy atom. The van der Waals surface area contributed by atoms with Gasteiger partial charge in [-0.05, 0) is 64.3 Å². The van der Waals surface area contributed by atoms with E-state index in [1.54, 1.807) is 0 Å². The Balaban J connectivity index is 1.58. The average Bonchev–Trinajstić information content (AvgIpc) is 3.52. The maximum absolute atomic E-state index is 13.5. The van der Waals surface area contributed by atoms with Gasteiger partial charge in [0.1, 0.15) is 0 Å². The van der Waals surface area contributed by atoms with Crippen LogP contribution in [0.4, 0.5) is 0 Å². The fourth-order valence-corrected chi connectivity index (χ4v) is 4.36. The van der Waals surface area contributed by atoms with Gasteiger partial charge in [-0.15, -0.1) is 0 Å². The first kappa shape index (κ1) is 19.8. The molecular formula is C23H29N3O3. The summed E-state index contributed by atoms with van der Waals surface area (Å²) in [5, 5.41) is 9.99. The van der Waals surface area contributed by atoms with Crippen LogP contribution in [-0.2, 0) is 4.79 Å². The maximum atomic E-state index is 13.5. The first-order valence-corrected chi connectivity index (χ1v) is 10.5. The number of hydrogen-bond donors (Lipinski definition) is 1. The fourth-order valence-electron chi connectivity index (χ4n) is 4.36. The molecule has 1 atom stereocenters. The lowest BCUT2D eigenvalue weighted by Gasteiger charge is -2.26. The van der Waals surface area contributed by atoms with Gasteiger partial charge in [0.05, 0.1) is 17.6 Å². The number of pyridine rings is 1. The third-order valence-corrected chi connectivity index (χ3v) is 6.20. The van der Waals surface area contributed by atoms with Crippen LogP contribution < -0.4 is 0 Å². The number of carbonyl (C=O) groups excluding carboxylic acids is 1. The van der Waals surface area contributed by atoms with E-state index in [9.17, 15) is 9.59 Å². The number of hydrogen-bond acceptors (Lipinski definition) is 4. The summed E-state index contributed by atoms with van der Waals surface area (Å²) in [6.07, 6.45) is 4.90. The number of nitrogens with zero attached hydrogens (tertiary/aromatic N) is 3. The number of aromatic nitrogens is 1. The molecule has 1 unspecified atom stereocenters. The third-order valence-electron chi connectivity index (χ3n) is 6.20. The van der Waals surface area contributed by atoms with Crippen molar-refractivity contribution in [3.8, 4) is 0 Å². The highest BCUT2D eigenvalue weighted by molar-refractivity contribution is 6.06. The summed E-state index contributed by atoms with van der Waals surface area (Å²) in [7, 11) is 1.86. The second-order valence-corrected chi connectivity index (χ2v) is 8.58. The predicted molar refractivity (Wildman–Crippen MR) is 112 cm³/mol. The van der Waals surface area contributed by atoms with Crippen molar-refractivity contribution in [3.05, 3.63) is 41.1 Å². The number of benzene rings is 1. The number of carbonyl (C=O) groups is 2. The number of amides is 1. The van der Waals surface area contributed by atoms with Crippen molar-refractivity contribution in [2.24, 2.45) is 0 Å². The van der Waals surface area contributed by atoms with Crippen molar-refractivity contribution in [2.75, 3.05) is 26.7 Å². The molecule has 4 rings (SSSR count). The summed E-state index contributed by atoms with van der Waals surface area (Å²) >= 11 is 0. The highest BCUT2D eigenvalue weighted by Gasteiger charge is 2.29. The Bertz CT molecular complexity index is 938.